The highest BCUT2D eigenvalue weighted by atomic mass is 32.1. The molecule has 22 heavy (non-hydrogen) atoms. The van der Waals surface area contributed by atoms with Crippen LogP contribution in [0.25, 0.3) is 0 Å². The zero-order valence-corrected chi connectivity index (χ0v) is 12.8. The Morgan fingerprint density at radius 2 is 2.14 bits per heavy atom. The number of benzene rings is 1. The standard InChI is InChI=1S/C15H15N5OS/c1-21-11-6-4-10(5-7-11)13-9-12(14-3-2-8-22-14)16-15-17-18-19-20(13)15/h2-8,12-13H,9H2,1H3,(H,16,17,19)/t12-,13-/m1/s1. The number of fused-ring (bicyclic) bond motifs is 1. The van der Waals surface area contributed by atoms with Gasteiger partial charge in [0, 0.05) is 4.88 Å². The van der Waals surface area contributed by atoms with E-state index in [0.717, 1.165) is 12.2 Å². The van der Waals surface area contributed by atoms with Crippen LogP contribution in [0.2, 0.25) is 0 Å². The predicted octanol–water partition coefficient (Wildman–Crippen LogP) is 2.89. The molecule has 0 amide bonds. The van der Waals surface area contributed by atoms with Crippen LogP contribution < -0.4 is 10.1 Å². The summed E-state index contributed by atoms with van der Waals surface area (Å²) in [5.74, 6) is 1.56. The van der Waals surface area contributed by atoms with Crippen molar-refractivity contribution in [3.8, 4) is 5.75 Å². The van der Waals surface area contributed by atoms with Gasteiger partial charge in [-0.05, 0) is 46.0 Å². The van der Waals surface area contributed by atoms with E-state index >= 15 is 0 Å². The maximum atomic E-state index is 5.23. The third kappa shape index (κ3) is 2.23. The number of nitrogens with zero attached hydrogens (tertiary/aromatic N) is 4. The van der Waals surface area contributed by atoms with Gasteiger partial charge < -0.3 is 10.1 Å². The number of anilines is 1. The molecule has 112 valence electrons. The summed E-state index contributed by atoms with van der Waals surface area (Å²) in [6.45, 7) is 0. The molecule has 0 unspecified atom stereocenters. The molecule has 1 N–H and O–H groups in total. The highest BCUT2D eigenvalue weighted by Crippen LogP contribution is 2.38. The molecule has 0 aliphatic carbocycles. The van der Waals surface area contributed by atoms with Gasteiger partial charge in [-0.25, -0.2) is 4.68 Å². The first-order valence-corrected chi connectivity index (χ1v) is 7.95. The van der Waals surface area contributed by atoms with Gasteiger partial charge in [-0.15, -0.1) is 11.3 Å². The third-order valence-electron chi connectivity index (χ3n) is 3.94. The minimum absolute atomic E-state index is 0.115. The number of nitrogens with one attached hydrogen (secondary N) is 1. The summed E-state index contributed by atoms with van der Waals surface area (Å²) in [5, 5.41) is 17.6. The van der Waals surface area contributed by atoms with Crippen molar-refractivity contribution in [3.63, 3.8) is 0 Å². The fourth-order valence-corrected chi connectivity index (χ4v) is 3.61. The summed E-state index contributed by atoms with van der Waals surface area (Å²) in [6, 6.07) is 12.7. The fraction of sp³-hybridized carbons (Fsp3) is 0.267. The second-order valence-electron chi connectivity index (χ2n) is 5.18. The molecule has 0 fully saturated rings. The number of thiophene rings is 1. The molecule has 0 radical (unpaired) electrons. The van der Waals surface area contributed by atoms with Crippen LogP contribution >= 0.6 is 11.3 Å². The zero-order chi connectivity index (χ0) is 14.9. The molecule has 2 atom stereocenters. The third-order valence-corrected chi connectivity index (χ3v) is 4.92. The molecule has 4 rings (SSSR count). The quantitative estimate of drug-likeness (QED) is 0.805. The molecule has 6 nitrogen and oxygen atoms in total. The maximum absolute atomic E-state index is 5.23. The Bertz CT molecular complexity index is 753. The zero-order valence-electron chi connectivity index (χ0n) is 12.0. The first kappa shape index (κ1) is 13.3. The van der Waals surface area contributed by atoms with Gasteiger partial charge in [-0.3, -0.25) is 0 Å². The predicted molar refractivity (Wildman–Crippen MR) is 84.2 cm³/mol. The summed E-state index contributed by atoms with van der Waals surface area (Å²) in [4.78, 5) is 1.30. The Morgan fingerprint density at radius 3 is 2.86 bits per heavy atom. The van der Waals surface area contributed by atoms with Crippen LogP contribution in [0.1, 0.15) is 28.9 Å². The van der Waals surface area contributed by atoms with Crippen LogP contribution in [0.3, 0.4) is 0 Å². The summed E-state index contributed by atoms with van der Waals surface area (Å²) in [7, 11) is 1.67. The van der Waals surface area contributed by atoms with Crippen molar-refractivity contribution in [2.24, 2.45) is 0 Å². The normalized spacial score (nSPS) is 20.2. The Hall–Kier alpha value is -2.41. The van der Waals surface area contributed by atoms with Crippen molar-refractivity contribution >= 4 is 17.3 Å². The number of ether oxygens (including phenoxy) is 1. The Labute approximate surface area is 131 Å². The van der Waals surface area contributed by atoms with E-state index in [9.17, 15) is 0 Å². The van der Waals surface area contributed by atoms with Crippen LogP contribution in [-0.2, 0) is 0 Å². The van der Waals surface area contributed by atoms with E-state index in [4.69, 9.17) is 4.74 Å². The highest BCUT2D eigenvalue weighted by molar-refractivity contribution is 7.10. The van der Waals surface area contributed by atoms with Crippen molar-refractivity contribution in [2.75, 3.05) is 12.4 Å². The van der Waals surface area contributed by atoms with Gasteiger partial charge in [-0.1, -0.05) is 23.3 Å². The van der Waals surface area contributed by atoms with Crippen LogP contribution in [-0.4, -0.2) is 27.3 Å². The summed E-state index contributed by atoms with van der Waals surface area (Å²) >= 11 is 1.75. The van der Waals surface area contributed by atoms with Crippen LogP contribution in [0.5, 0.6) is 5.75 Å². The molecule has 1 aromatic carbocycles. The van der Waals surface area contributed by atoms with Gasteiger partial charge in [0.05, 0.1) is 19.2 Å². The van der Waals surface area contributed by atoms with Crippen molar-refractivity contribution in [3.05, 3.63) is 52.2 Å². The van der Waals surface area contributed by atoms with Crippen molar-refractivity contribution in [2.45, 2.75) is 18.5 Å². The lowest BCUT2D eigenvalue weighted by Crippen LogP contribution is -2.27. The Balaban J connectivity index is 1.71. The first-order valence-electron chi connectivity index (χ1n) is 7.07. The molecule has 3 aromatic rings. The summed E-state index contributed by atoms with van der Waals surface area (Å²) in [6.07, 6.45) is 0.908. The molecule has 2 aromatic heterocycles. The van der Waals surface area contributed by atoms with Gasteiger partial charge in [0.15, 0.2) is 0 Å². The molecule has 0 saturated carbocycles. The molecule has 0 spiro atoms. The lowest BCUT2D eigenvalue weighted by Gasteiger charge is -2.30. The average Bonchev–Trinajstić information content (AvgIpc) is 3.25. The topological polar surface area (TPSA) is 64.9 Å². The monoisotopic (exact) mass is 313 g/mol. The van der Waals surface area contributed by atoms with Gasteiger partial charge in [0.25, 0.3) is 0 Å². The smallest absolute Gasteiger partial charge is 0.244 e. The molecule has 0 bridgehead atoms. The lowest BCUT2D eigenvalue weighted by molar-refractivity contribution is 0.411. The number of methoxy groups -OCH3 is 1. The molecule has 1 aliphatic heterocycles. The minimum atomic E-state index is 0.115. The van der Waals surface area contributed by atoms with E-state index in [-0.39, 0.29) is 12.1 Å². The Kier molecular flexibility index (Phi) is 3.27. The molecule has 3 heterocycles. The van der Waals surface area contributed by atoms with Gasteiger partial charge in [0.2, 0.25) is 5.95 Å². The first-order chi connectivity index (χ1) is 10.8. The fourth-order valence-electron chi connectivity index (χ4n) is 2.82. The lowest BCUT2D eigenvalue weighted by atomic mass is 9.97. The molecule has 0 saturated heterocycles. The SMILES string of the molecule is COc1ccc([C@H]2C[C@H](c3cccs3)Nc3nnnn32)cc1. The maximum Gasteiger partial charge on any atom is 0.244 e. The largest absolute Gasteiger partial charge is 0.497 e. The molecular formula is C15H15N5OS. The molecule has 1 aliphatic rings. The van der Waals surface area contributed by atoms with Gasteiger partial charge >= 0.3 is 0 Å². The van der Waals surface area contributed by atoms with Crippen molar-refractivity contribution in [1.82, 2.24) is 20.2 Å². The second-order valence-corrected chi connectivity index (χ2v) is 6.16. The number of rotatable bonds is 3. The summed E-state index contributed by atoms with van der Waals surface area (Å²) in [5.41, 5.74) is 1.18. The second kappa shape index (κ2) is 5.42. The molecule has 7 heteroatoms. The number of hydrogen-bond donors (Lipinski definition) is 1. The van der Waals surface area contributed by atoms with Gasteiger partial charge in [0.1, 0.15) is 5.75 Å². The highest BCUT2D eigenvalue weighted by Gasteiger charge is 2.30. The van der Waals surface area contributed by atoms with Crippen LogP contribution in [0, 0.1) is 0 Å². The van der Waals surface area contributed by atoms with E-state index < -0.39 is 0 Å². The summed E-state index contributed by atoms with van der Waals surface area (Å²) < 4.78 is 7.09. The van der Waals surface area contributed by atoms with Crippen molar-refractivity contribution in [1.29, 1.82) is 0 Å². The van der Waals surface area contributed by atoms with E-state index in [1.54, 1.807) is 18.4 Å². The number of aromatic nitrogens is 4. The number of hydrogen-bond acceptors (Lipinski definition) is 6. The van der Waals surface area contributed by atoms with E-state index in [0.29, 0.717) is 5.95 Å². The van der Waals surface area contributed by atoms with Gasteiger partial charge in [-0.2, -0.15) is 0 Å². The van der Waals surface area contributed by atoms with E-state index in [2.05, 4.69) is 50.5 Å². The Morgan fingerprint density at radius 1 is 1.27 bits per heavy atom. The van der Waals surface area contributed by atoms with Crippen molar-refractivity contribution < 1.29 is 4.74 Å². The number of tetrazole rings is 1. The van der Waals surface area contributed by atoms with Crippen LogP contribution in [0.4, 0.5) is 5.95 Å². The minimum Gasteiger partial charge on any atom is -0.497 e. The van der Waals surface area contributed by atoms with E-state index in [1.807, 2.05) is 16.8 Å². The average molecular weight is 313 g/mol. The molecular weight excluding hydrogens is 298 g/mol. The van der Waals surface area contributed by atoms with E-state index in [1.165, 1.54) is 10.4 Å². The van der Waals surface area contributed by atoms with Crippen LogP contribution in [0.15, 0.2) is 41.8 Å².